The van der Waals surface area contributed by atoms with E-state index < -0.39 is 0 Å². The molecule has 0 unspecified atom stereocenters. The number of aromatic nitrogens is 5. The topological polar surface area (TPSA) is 77.6 Å². The number of pyridine rings is 1. The van der Waals surface area contributed by atoms with Crippen LogP contribution in [0.4, 0.5) is 5.82 Å². The van der Waals surface area contributed by atoms with Gasteiger partial charge in [-0.25, -0.2) is 14.3 Å². The van der Waals surface area contributed by atoms with Gasteiger partial charge in [-0.3, -0.25) is 4.79 Å². The molecular formula is C22H24N6OS. The second-order valence-electron chi connectivity index (χ2n) is 8.21. The van der Waals surface area contributed by atoms with Crippen molar-refractivity contribution in [1.82, 2.24) is 24.5 Å². The van der Waals surface area contributed by atoms with E-state index in [4.69, 9.17) is 4.98 Å². The van der Waals surface area contributed by atoms with Crippen LogP contribution in [0, 0.1) is 12.8 Å². The number of carbonyl (C=O) groups excluding carboxylic acids is 1. The lowest BCUT2D eigenvalue weighted by Crippen LogP contribution is -2.18. The zero-order chi connectivity index (χ0) is 20.8. The van der Waals surface area contributed by atoms with Crippen LogP contribution in [0.25, 0.3) is 21.6 Å². The van der Waals surface area contributed by atoms with Crippen molar-refractivity contribution in [2.24, 2.45) is 5.92 Å². The van der Waals surface area contributed by atoms with Gasteiger partial charge in [0.15, 0.2) is 5.65 Å². The molecule has 4 aromatic rings. The van der Waals surface area contributed by atoms with Gasteiger partial charge in [0.25, 0.3) is 5.91 Å². The Kier molecular flexibility index (Phi) is 4.66. The largest absolute Gasteiger partial charge is 0.307 e. The zero-order valence-corrected chi connectivity index (χ0v) is 18.1. The van der Waals surface area contributed by atoms with Crippen LogP contribution in [0.15, 0.2) is 36.0 Å². The summed E-state index contributed by atoms with van der Waals surface area (Å²) in [4.78, 5) is 19.3. The van der Waals surface area contributed by atoms with E-state index in [-0.39, 0.29) is 11.9 Å². The minimum Gasteiger partial charge on any atom is -0.307 e. The summed E-state index contributed by atoms with van der Waals surface area (Å²) < 4.78 is 3.78. The molecular weight excluding hydrogens is 396 g/mol. The second kappa shape index (κ2) is 7.36. The van der Waals surface area contributed by atoms with Gasteiger partial charge in [-0.1, -0.05) is 6.07 Å². The molecule has 0 spiro atoms. The van der Waals surface area contributed by atoms with Gasteiger partial charge in [0.2, 0.25) is 0 Å². The molecule has 0 saturated heterocycles. The zero-order valence-electron chi connectivity index (χ0n) is 17.3. The maximum absolute atomic E-state index is 13.4. The van der Waals surface area contributed by atoms with Crippen molar-refractivity contribution in [2.45, 2.75) is 46.2 Å². The van der Waals surface area contributed by atoms with Gasteiger partial charge in [0, 0.05) is 18.2 Å². The number of amides is 1. The number of nitrogens with one attached hydrogen (secondary N) is 1. The van der Waals surface area contributed by atoms with Gasteiger partial charge in [-0.15, -0.1) is 11.3 Å². The van der Waals surface area contributed by atoms with Crippen LogP contribution in [-0.2, 0) is 6.54 Å². The average Bonchev–Trinajstić information content (AvgIpc) is 3.10. The Morgan fingerprint density at radius 1 is 1.30 bits per heavy atom. The Hall–Kier alpha value is -3.00. The molecule has 1 saturated carbocycles. The third-order valence-electron chi connectivity index (χ3n) is 5.46. The molecule has 7 nitrogen and oxygen atoms in total. The number of thiophene rings is 1. The fraction of sp³-hybridized carbons (Fsp3) is 0.364. The molecule has 0 aliphatic heterocycles. The SMILES string of the molecule is Cc1cnn(CC2CC2)c1NC(=O)c1cc(-c2cccs2)nc2c1cnn2C(C)C. The summed E-state index contributed by atoms with van der Waals surface area (Å²) in [5.74, 6) is 1.28. The highest BCUT2D eigenvalue weighted by molar-refractivity contribution is 7.13. The number of carbonyl (C=O) groups is 1. The molecule has 0 atom stereocenters. The summed E-state index contributed by atoms with van der Waals surface area (Å²) in [6.07, 6.45) is 6.02. The first-order valence-electron chi connectivity index (χ1n) is 10.3. The first-order valence-corrected chi connectivity index (χ1v) is 11.1. The molecule has 154 valence electrons. The highest BCUT2D eigenvalue weighted by Gasteiger charge is 2.25. The van der Waals surface area contributed by atoms with Crippen molar-refractivity contribution in [2.75, 3.05) is 5.32 Å². The first kappa shape index (κ1) is 19.0. The Labute approximate surface area is 178 Å². The van der Waals surface area contributed by atoms with Crippen LogP contribution in [0.5, 0.6) is 0 Å². The Balaban J connectivity index is 1.58. The van der Waals surface area contributed by atoms with Crippen molar-refractivity contribution in [3.05, 3.63) is 47.1 Å². The third kappa shape index (κ3) is 3.41. The van der Waals surface area contributed by atoms with Gasteiger partial charge in [0.05, 0.1) is 33.9 Å². The van der Waals surface area contributed by atoms with E-state index in [1.54, 1.807) is 17.5 Å². The monoisotopic (exact) mass is 420 g/mol. The van der Waals surface area contributed by atoms with E-state index in [0.717, 1.165) is 39.5 Å². The Bertz CT molecular complexity index is 1220. The highest BCUT2D eigenvalue weighted by atomic mass is 32.1. The fourth-order valence-corrected chi connectivity index (χ4v) is 4.32. The van der Waals surface area contributed by atoms with Crippen molar-refractivity contribution < 1.29 is 4.79 Å². The normalized spacial score (nSPS) is 14.0. The minimum atomic E-state index is -0.163. The maximum Gasteiger partial charge on any atom is 0.257 e. The molecule has 0 bridgehead atoms. The Morgan fingerprint density at radius 2 is 2.13 bits per heavy atom. The van der Waals surface area contributed by atoms with E-state index in [1.807, 2.05) is 46.1 Å². The third-order valence-corrected chi connectivity index (χ3v) is 6.35. The van der Waals surface area contributed by atoms with Crippen LogP contribution < -0.4 is 5.32 Å². The predicted octanol–water partition coefficient (Wildman–Crippen LogP) is 4.91. The lowest BCUT2D eigenvalue weighted by Gasteiger charge is -2.12. The van der Waals surface area contributed by atoms with E-state index in [1.165, 1.54) is 12.8 Å². The summed E-state index contributed by atoms with van der Waals surface area (Å²) in [6, 6.07) is 6.02. The smallest absolute Gasteiger partial charge is 0.257 e. The fourth-order valence-electron chi connectivity index (χ4n) is 3.63. The quantitative estimate of drug-likeness (QED) is 0.481. The van der Waals surface area contributed by atoms with Gasteiger partial charge in [-0.05, 0) is 57.0 Å². The number of nitrogens with zero attached hydrogens (tertiary/aromatic N) is 5. The van der Waals surface area contributed by atoms with E-state index in [0.29, 0.717) is 11.5 Å². The lowest BCUT2D eigenvalue weighted by atomic mass is 10.1. The van der Waals surface area contributed by atoms with E-state index in [9.17, 15) is 4.79 Å². The molecule has 5 rings (SSSR count). The molecule has 0 aromatic carbocycles. The van der Waals surface area contributed by atoms with Crippen LogP contribution in [0.3, 0.4) is 0 Å². The van der Waals surface area contributed by atoms with Crippen LogP contribution >= 0.6 is 11.3 Å². The summed E-state index contributed by atoms with van der Waals surface area (Å²) in [5.41, 5.74) is 3.05. The van der Waals surface area contributed by atoms with Gasteiger partial charge in [-0.2, -0.15) is 10.2 Å². The molecule has 8 heteroatoms. The predicted molar refractivity (Wildman–Crippen MR) is 119 cm³/mol. The summed E-state index contributed by atoms with van der Waals surface area (Å²) >= 11 is 1.61. The molecule has 1 aliphatic rings. The number of fused-ring (bicyclic) bond motifs is 1. The lowest BCUT2D eigenvalue weighted by molar-refractivity contribution is 0.102. The summed E-state index contributed by atoms with van der Waals surface area (Å²) in [7, 11) is 0. The summed E-state index contributed by atoms with van der Waals surface area (Å²) in [5, 5.41) is 14.8. The standard InChI is InChI=1S/C22H24N6OS/c1-13(2)28-21-17(11-24-28)16(9-18(25-21)19-5-4-8-30-19)22(29)26-20-14(3)10-23-27(20)12-15-6-7-15/h4-5,8-11,13,15H,6-7,12H2,1-3H3,(H,26,29). The number of rotatable bonds is 6. The summed E-state index contributed by atoms with van der Waals surface area (Å²) in [6.45, 7) is 6.94. The van der Waals surface area contributed by atoms with Crippen molar-refractivity contribution in [3.8, 4) is 10.6 Å². The molecule has 1 fully saturated rings. The number of hydrogen-bond donors (Lipinski definition) is 1. The van der Waals surface area contributed by atoms with Gasteiger partial charge >= 0.3 is 0 Å². The second-order valence-corrected chi connectivity index (χ2v) is 9.16. The van der Waals surface area contributed by atoms with Crippen molar-refractivity contribution in [1.29, 1.82) is 0 Å². The maximum atomic E-state index is 13.4. The van der Waals surface area contributed by atoms with Crippen LogP contribution in [0.1, 0.15) is 48.7 Å². The first-order chi connectivity index (χ1) is 14.5. The molecule has 4 aromatic heterocycles. The number of aryl methyl sites for hydroxylation is 1. The molecule has 1 N–H and O–H groups in total. The molecule has 30 heavy (non-hydrogen) atoms. The average molecular weight is 421 g/mol. The highest BCUT2D eigenvalue weighted by Crippen LogP contribution is 2.33. The van der Waals surface area contributed by atoms with Gasteiger partial charge in [0.1, 0.15) is 5.82 Å². The Morgan fingerprint density at radius 3 is 2.83 bits per heavy atom. The minimum absolute atomic E-state index is 0.145. The molecule has 0 radical (unpaired) electrons. The van der Waals surface area contributed by atoms with Crippen molar-refractivity contribution in [3.63, 3.8) is 0 Å². The van der Waals surface area contributed by atoms with Gasteiger partial charge < -0.3 is 5.32 Å². The molecule has 1 amide bonds. The van der Waals surface area contributed by atoms with Crippen LogP contribution in [-0.4, -0.2) is 30.5 Å². The number of hydrogen-bond acceptors (Lipinski definition) is 5. The molecule has 1 aliphatic carbocycles. The van der Waals surface area contributed by atoms with E-state index >= 15 is 0 Å². The van der Waals surface area contributed by atoms with Crippen LogP contribution in [0.2, 0.25) is 0 Å². The van der Waals surface area contributed by atoms with Crippen molar-refractivity contribution >= 4 is 34.1 Å². The van der Waals surface area contributed by atoms with E-state index in [2.05, 4.69) is 29.4 Å². The molecule has 4 heterocycles. The number of anilines is 1.